The molecule has 3 aliphatic rings. The Balaban J connectivity index is 1.96. The summed E-state index contributed by atoms with van der Waals surface area (Å²) in [6, 6.07) is 0. The summed E-state index contributed by atoms with van der Waals surface area (Å²) in [5, 5.41) is 0. The summed E-state index contributed by atoms with van der Waals surface area (Å²) in [6.45, 7) is 9.22. The van der Waals surface area contributed by atoms with Crippen LogP contribution in [0.25, 0.3) is 0 Å². The number of carbonyl (C=O) groups is 1. The van der Waals surface area contributed by atoms with Gasteiger partial charge in [0.25, 0.3) is 0 Å². The highest BCUT2D eigenvalue weighted by Crippen LogP contribution is 2.63. The third kappa shape index (κ3) is 2.59. The van der Waals surface area contributed by atoms with E-state index in [-0.39, 0.29) is 17.7 Å². The summed E-state index contributed by atoms with van der Waals surface area (Å²) in [5.41, 5.74) is -0.805. The van der Waals surface area contributed by atoms with Crippen LogP contribution in [0.4, 0.5) is 0 Å². The molecule has 0 bridgehead atoms. The maximum atomic E-state index is 11.9. The van der Waals surface area contributed by atoms with Gasteiger partial charge in [0.2, 0.25) is 0 Å². The number of hydrogen-bond donors (Lipinski definition) is 0. The van der Waals surface area contributed by atoms with Gasteiger partial charge in [-0.2, -0.15) is 0 Å². The zero-order chi connectivity index (χ0) is 16.5. The molecule has 0 aromatic carbocycles. The summed E-state index contributed by atoms with van der Waals surface area (Å²) < 4.78 is 12.6. The van der Waals surface area contributed by atoms with Gasteiger partial charge in [0.15, 0.2) is 0 Å². The van der Waals surface area contributed by atoms with Gasteiger partial charge in [-0.1, -0.05) is 24.3 Å². The highest BCUT2D eigenvalue weighted by molar-refractivity contribution is 5.67. The number of rotatable bonds is 6. The fraction of sp³-hybridized carbons (Fsp3) is 0.650. The van der Waals surface area contributed by atoms with Gasteiger partial charge in [-0.15, -0.1) is 13.2 Å². The van der Waals surface area contributed by atoms with Gasteiger partial charge < -0.3 is 9.47 Å². The van der Waals surface area contributed by atoms with Crippen molar-refractivity contribution in [1.29, 1.82) is 0 Å². The Kier molecular flexibility index (Phi) is 4.50. The second kappa shape index (κ2) is 6.27. The summed E-state index contributed by atoms with van der Waals surface area (Å²) in [4.78, 5) is 11.9. The minimum atomic E-state index is -0.465. The van der Waals surface area contributed by atoms with Crippen molar-refractivity contribution < 1.29 is 14.3 Å². The van der Waals surface area contributed by atoms with Gasteiger partial charge >= 0.3 is 5.97 Å². The minimum Gasteiger partial charge on any atom is -0.456 e. The lowest BCUT2D eigenvalue weighted by Gasteiger charge is -2.43. The van der Waals surface area contributed by atoms with Gasteiger partial charge in [-0.25, -0.2) is 0 Å². The van der Waals surface area contributed by atoms with E-state index in [1.165, 1.54) is 6.92 Å². The number of carbonyl (C=O) groups excluding carboxylic acids is 1. The lowest BCUT2D eigenvalue weighted by molar-refractivity contribution is -0.181. The first-order valence-corrected chi connectivity index (χ1v) is 8.81. The van der Waals surface area contributed by atoms with Gasteiger partial charge in [0.1, 0.15) is 11.2 Å². The van der Waals surface area contributed by atoms with Crippen LogP contribution in [0.5, 0.6) is 0 Å². The van der Waals surface area contributed by atoms with E-state index in [1.54, 1.807) is 0 Å². The molecule has 23 heavy (non-hydrogen) atoms. The molecule has 1 aliphatic heterocycles. The molecule has 1 saturated heterocycles. The Morgan fingerprint density at radius 3 is 2.87 bits per heavy atom. The maximum Gasteiger partial charge on any atom is 0.303 e. The van der Waals surface area contributed by atoms with Crippen LogP contribution >= 0.6 is 0 Å². The van der Waals surface area contributed by atoms with Gasteiger partial charge in [0.05, 0.1) is 6.10 Å². The quantitative estimate of drug-likeness (QED) is 0.540. The molecule has 3 heteroatoms. The summed E-state index contributed by atoms with van der Waals surface area (Å²) >= 11 is 0. The van der Waals surface area contributed by atoms with Crippen molar-refractivity contribution in [3.05, 3.63) is 37.5 Å². The van der Waals surface area contributed by atoms with Gasteiger partial charge in [-0.3, -0.25) is 4.79 Å². The first-order chi connectivity index (χ1) is 11.1. The molecule has 2 fully saturated rings. The zero-order valence-electron chi connectivity index (χ0n) is 14.1. The molecule has 0 aromatic heterocycles. The molecule has 3 nitrogen and oxygen atoms in total. The van der Waals surface area contributed by atoms with Crippen molar-refractivity contribution in [2.24, 2.45) is 11.8 Å². The Morgan fingerprint density at radius 1 is 1.35 bits per heavy atom. The zero-order valence-corrected chi connectivity index (χ0v) is 14.1. The first kappa shape index (κ1) is 16.5. The number of hydrogen-bond acceptors (Lipinski definition) is 3. The standard InChI is InChI=1S/C20H28O3/c1-4-6-10-16-13-19(22-15(3)21)14-17(9-5-2)23-20(19)12-8-7-11-18(16)20/h4-5,7-8,16-18H,1-2,6,9-14H2,3H3/t16-,17+,18-,19+,20-/m1/s1. The van der Waals surface area contributed by atoms with Crippen LogP contribution in [-0.4, -0.2) is 23.3 Å². The lowest BCUT2D eigenvalue weighted by atomic mass is 9.72. The molecule has 5 atom stereocenters. The van der Waals surface area contributed by atoms with Crippen LogP contribution in [0.15, 0.2) is 37.5 Å². The van der Waals surface area contributed by atoms with Crippen LogP contribution in [0, 0.1) is 11.8 Å². The smallest absolute Gasteiger partial charge is 0.303 e. The van der Waals surface area contributed by atoms with E-state index in [2.05, 4.69) is 25.3 Å². The van der Waals surface area contributed by atoms with Crippen LogP contribution in [0.2, 0.25) is 0 Å². The monoisotopic (exact) mass is 316 g/mol. The normalized spacial score (nSPS) is 41.2. The van der Waals surface area contributed by atoms with Crippen molar-refractivity contribution in [3.63, 3.8) is 0 Å². The molecule has 0 aromatic rings. The molecule has 0 amide bonds. The topological polar surface area (TPSA) is 35.5 Å². The number of esters is 1. The third-order valence-electron chi connectivity index (χ3n) is 5.95. The Morgan fingerprint density at radius 2 is 2.17 bits per heavy atom. The molecule has 0 radical (unpaired) electrons. The average molecular weight is 316 g/mol. The van der Waals surface area contributed by atoms with Crippen LogP contribution in [-0.2, 0) is 14.3 Å². The van der Waals surface area contributed by atoms with Gasteiger partial charge in [-0.05, 0) is 50.4 Å². The fourth-order valence-electron chi connectivity index (χ4n) is 5.28. The van der Waals surface area contributed by atoms with Crippen LogP contribution in [0.3, 0.4) is 0 Å². The molecule has 3 rings (SSSR count). The van der Waals surface area contributed by atoms with Crippen molar-refractivity contribution in [1.82, 2.24) is 0 Å². The minimum absolute atomic E-state index is 0.112. The number of ether oxygens (including phenoxy) is 2. The molecule has 126 valence electrons. The average Bonchev–Trinajstić information content (AvgIpc) is 2.90. The maximum absolute atomic E-state index is 11.9. The first-order valence-electron chi connectivity index (χ1n) is 8.81. The Bertz CT molecular complexity index is 523. The van der Waals surface area contributed by atoms with E-state index in [0.717, 1.165) is 44.9 Å². The predicted molar refractivity (Wildman–Crippen MR) is 90.9 cm³/mol. The van der Waals surface area contributed by atoms with Gasteiger partial charge in [0, 0.05) is 13.3 Å². The van der Waals surface area contributed by atoms with Crippen molar-refractivity contribution in [2.45, 2.75) is 69.2 Å². The van der Waals surface area contributed by atoms with E-state index in [1.807, 2.05) is 12.2 Å². The van der Waals surface area contributed by atoms with E-state index in [9.17, 15) is 4.79 Å². The highest BCUT2D eigenvalue weighted by Gasteiger charge is 2.70. The second-order valence-electron chi connectivity index (χ2n) is 7.29. The highest BCUT2D eigenvalue weighted by atomic mass is 16.6. The largest absolute Gasteiger partial charge is 0.456 e. The van der Waals surface area contributed by atoms with Crippen molar-refractivity contribution in [2.75, 3.05) is 0 Å². The Labute approximate surface area is 139 Å². The Hall–Kier alpha value is -1.35. The second-order valence-corrected chi connectivity index (χ2v) is 7.29. The molecule has 1 heterocycles. The van der Waals surface area contributed by atoms with Crippen LogP contribution in [0.1, 0.15) is 51.9 Å². The molecule has 1 saturated carbocycles. The SMILES string of the molecule is C=CCC[C@@H]1C[C@]2(OC(C)=O)C[C@H](CC=C)O[C@@]23CC=CC[C@H]13. The van der Waals surface area contributed by atoms with E-state index in [0.29, 0.717) is 11.8 Å². The van der Waals surface area contributed by atoms with Crippen molar-refractivity contribution >= 4 is 5.97 Å². The molecular formula is C20H28O3. The summed E-state index contributed by atoms with van der Waals surface area (Å²) in [6.07, 6.45) is 15.0. The lowest BCUT2D eigenvalue weighted by Crippen LogP contribution is -2.53. The molecule has 2 aliphatic carbocycles. The van der Waals surface area contributed by atoms with E-state index < -0.39 is 5.60 Å². The molecular weight excluding hydrogens is 288 g/mol. The number of allylic oxidation sites excluding steroid dienone is 2. The van der Waals surface area contributed by atoms with E-state index >= 15 is 0 Å². The third-order valence-corrected chi connectivity index (χ3v) is 5.95. The predicted octanol–water partition coefficient (Wildman–Crippen LogP) is 4.34. The van der Waals surface area contributed by atoms with Crippen molar-refractivity contribution in [3.8, 4) is 0 Å². The molecule has 1 spiro atoms. The summed E-state index contributed by atoms with van der Waals surface area (Å²) in [5.74, 6) is 0.772. The summed E-state index contributed by atoms with van der Waals surface area (Å²) in [7, 11) is 0. The van der Waals surface area contributed by atoms with Crippen LogP contribution < -0.4 is 0 Å². The van der Waals surface area contributed by atoms with E-state index in [4.69, 9.17) is 9.47 Å². The molecule has 0 unspecified atom stereocenters. The fourth-order valence-corrected chi connectivity index (χ4v) is 5.28. The molecule has 0 N–H and O–H groups in total.